The first-order valence-corrected chi connectivity index (χ1v) is 9.38. The molecule has 0 radical (unpaired) electrons. The molecule has 1 atom stereocenters. The van der Waals surface area contributed by atoms with Gasteiger partial charge < -0.3 is 14.6 Å². The Bertz CT molecular complexity index is 572. The largest absolute Gasteiger partial charge is 0.380 e. The summed E-state index contributed by atoms with van der Waals surface area (Å²) >= 11 is 0. The highest BCUT2D eigenvalue weighted by molar-refractivity contribution is 5.93. The molecular formula is C18H27N3O3. The number of ether oxygens (including phenoxy) is 1. The number of nitrogens with one attached hydrogen (secondary N) is 1. The SMILES string of the molecule is O=C(NCC1CCN(C2CCOC2)CC1)c1noc2c1CCCC2. The van der Waals surface area contributed by atoms with Crippen molar-refractivity contribution in [1.29, 1.82) is 0 Å². The van der Waals surface area contributed by atoms with Crippen molar-refractivity contribution in [2.75, 3.05) is 32.8 Å². The summed E-state index contributed by atoms with van der Waals surface area (Å²) in [5.41, 5.74) is 1.56. The van der Waals surface area contributed by atoms with Crippen LogP contribution in [0.2, 0.25) is 0 Å². The minimum atomic E-state index is -0.0616. The van der Waals surface area contributed by atoms with Crippen molar-refractivity contribution in [3.8, 4) is 0 Å². The van der Waals surface area contributed by atoms with E-state index < -0.39 is 0 Å². The number of carbonyl (C=O) groups is 1. The number of nitrogens with zero attached hydrogens (tertiary/aromatic N) is 2. The number of hydrogen-bond donors (Lipinski definition) is 1. The Hall–Kier alpha value is -1.40. The number of likely N-dealkylation sites (tertiary alicyclic amines) is 1. The maximum atomic E-state index is 12.4. The van der Waals surface area contributed by atoms with E-state index in [0.717, 1.165) is 82.7 Å². The van der Waals surface area contributed by atoms with Gasteiger partial charge in [-0.2, -0.15) is 0 Å². The van der Waals surface area contributed by atoms with Gasteiger partial charge in [-0.1, -0.05) is 5.16 Å². The molecule has 0 bridgehead atoms. The molecule has 3 aliphatic rings. The van der Waals surface area contributed by atoms with E-state index in [4.69, 9.17) is 9.26 Å². The van der Waals surface area contributed by atoms with Crippen molar-refractivity contribution in [3.05, 3.63) is 17.0 Å². The molecule has 132 valence electrons. The van der Waals surface area contributed by atoms with Gasteiger partial charge in [0.05, 0.1) is 6.61 Å². The molecule has 1 unspecified atom stereocenters. The van der Waals surface area contributed by atoms with Gasteiger partial charge in [0.1, 0.15) is 5.76 Å². The maximum Gasteiger partial charge on any atom is 0.273 e. The smallest absolute Gasteiger partial charge is 0.273 e. The lowest BCUT2D eigenvalue weighted by Crippen LogP contribution is -2.44. The number of fused-ring (bicyclic) bond motifs is 1. The lowest BCUT2D eigenvalue weighted by Gasteiger charge is -2.35. The van der Waals surface area contributed by atoms with Gasteiger partial charge in [0.15, 0.2) is 5.69 Å². The molecule has 6 heteroatoms. The molecule has 2 aliphatic heterocycles. The van der Waals surface area contributed by atoms with E-state index in [0.29, 0.717) is 17.7 Å². The number of amides is 1. The van der Waals surface area contributed by atoms with Crippen molar-refractivity contribution in [1.82, 2.24) is 15.4 Å². The summed E-state index contributed by atoms with van der Waals surface area (Å²) in [5, 5.41) is 7.10. The average molecular weight is 333 g/mol. The molecule has 1 amide bonds. The highest BCUT2D eigenvalue weighted by Crippen LogP contribution is 2.25. The van der Waals surface area contributed by atoms with Gasteiger partial charge in [-0.15, -0.1) is 0 Å². The second-order valence-electron chi connectivity index (χ2n) is 7.35. The van der Waals surface area contributed by atoms with Gasteiger partial charge in [0, 0.05) is 31.2 Å². The summed E-state index contributed by atoms with van der Waals surface area (Å²) in [7, 11) is 0. The van der Waals surface area contributed by atoms with Crippen LogP contribution in [0.5, 0.6) is 0 Å². The monoisotopic (exact) mass is 333 g/mol. The number of carbonyl (C=O) groups excluding carboxylic acids is 1. The van der Waals surface area contributed by atoms with Crippen molar-refractivity contribution in [3.63, 3.8) is 0 Å². The predicted octanol–water partition coefficient (Wildman–Crippen LogP) is 1.78. The van der Waals surface area contributed by atoms with Crippen LogP contribution in [0.3, 0.4) is 0 Å². The van der Waals surface area contributed by atoms with Crippen molar-refractivity contribution >= 4 is 5.91 Å². The molecule has 0 aromatic carbocycles. The molecule has 4 rings (SSSR count). The first kappa shape index (κ1) is 16.1. The molecule has 3 heterocycles. The summed E-state index contributed by atoms with van der Waals surface area (Å²) in [6.45, 7) is 4.78. The van der Waals surface area contributed by atoms with Crippen LogP contribution in [-0.4, -0.2) is 54.9 Å². The topological polar surface area (TPSA) is 67.6 Å². The normalized spacial score (nSPS) is 25.6. The molecule has 2 fully saturated rings. The zero-order valence-corrected chi connectivity index (χ0v) is 14.3. The molecule has 1 aromatic heterocycles. The maximum absolute atomic E-state index is 12.4. The van der Waals surface area contributed by atoms with E-state index in [1.54, 1.807) is 0 Å². The van der Waals surface area contributed by atoms with E-state index >= 15 is 0 Å². The fourth-order valence-electron chi connectivity index (χ4n) is 4.22. The number of piperidine rings is 1. The van der Waals surface area contributed by atoms with Gasteiger partial charge in [-0.25, -0.2) is 0 Å². The quantitative estimate of drug-likeness (QED) is 0.910. The summed E-state index contributed by atoms with van der Waals surface area (Å²) in [6, 6.07) is 0.613. The van der Waals surface area contributed by atoms with Gasteiger partial charge >= 0.3 is 0 Å². The Balaban J connectivity index is 1.25. The highest BCUT2D eigenvalue weighted by Gasteiger charge is 2.28. The minimum absolute atomic E-state index is 0.0616. The van der Waals surface area contributed by atoms with Crippen LogP contribution in [0.15, 0.2) is 4.52 Å². The lowest BCUT2D eigenvalue weighted by molar-refractivity contribution is 0.0902. The van der Waals surface area contributed by atoms with Crippen LogP contribution >= 0.6 is 0 Å². The van der Waals surface area contributed by atoms with Crippen LogP contribution in [0.25, 0.3) is 0 Å². The molecule has 0 spiro atoms. The summed E-state index contributed by atoms with van der Waals surface area (Å²) < 4.78 is 10.8. The standard InChI is InChI=1S/C18H27N3O3/c22-18(17-15-3-1-2-4-16(15)24-20-17)19-11-13-5-8-21(9-6-13)14-7-10-23-12-14/h13-14H,1-12H2,(H,19,22). The number of rotatable bonds is 4. The van der Waals surface area contributed by atoms with E-state index in [9.17, 15) is 4.79 Å². The first-order valence-electron chi connectivity index (χ1n) is 9.38. The molecule has 6 nitrogen and oxygen atoms in total. The second-order valence-corrected chi connectivity index (χ2v) is 7.35. The zero-order valence-electron chi connectivity index (χ0n) is 14.3. The number of aromatic nitrogens is 1. The molecule has 1 aromatic rings. The van der Waals surface area contributed by atoms with E-state index in [1.165, 1.54) is 6.42 Å². The van der Waals surface area contributed by atoms with Crippen LogP contribution in [0.1, 0.15) is 53.9 Å². The third kappa shape index (κ3) is 3.35. The van der Waals surface area contributed by atoms with Gasteiger partial charge in [-0.05, 0) is 57.5 Å². The first-order chi connectivity index (χ1) is 11.8. The summed E-state index contributed by atoms with van der Waals surface area (Å²) in [4.78, 5) is 15.0. The highest BCUT2D eigenvalue weighted by atomic mass is 16.5. The van der Waals surface area contributed by atoms with Crippen molar-refractivity contribution < 1.29 is 14.1 Å². The van der Waals surface area contributed by atoms with Crippen molar-refractivity contribution in [2.24, 2.45) is 5.92 Å². The lowest BCUT2D eigenvalue weighted by atomic mass is 9.94. The number of hydrogen-bond acceptors (Lipinski definition) is 5. The van der Waals surface area contributed by atoms with E-state index in [1.807, 2.05) is 0 Å². The fourth-order valence-corrected chi connectivity index (χ4v) is 4.22. The molecule has 2 saturated heterocycles. The molecule has 1 aliphatic carbocycles. The second kappa shape index (κ2) is 7.23. The van der Waals surface area contributed by atoms with Crippen LogP contribution in [0.4, 0.5) is 0 Å². The Morgan fingerprint density at radius 1 is 1.21 bits per heavy atom. The third-order valence-electron chi connectivity index (χ3n) is 5.79. The van der Waals surface area contributed by atoms with E-state index in [-0.39, 0.29) is 5.91 Å². The van der Waals surface area contributed by atoms with E-state index in [2.05, 4.69) is 15.4 Å². The fraction of sp³-hybridized carbons (Fsp3) is 0.778. The predicted molar refractivity (Wildman–Crippen MR) is 89.0 cm³/mol. The Kier molecular flexibility index (Phi) is 4.85. The summed E-state index contributed by atoms with van der Waals surface area (Å²) in [5.74, 6) is 1.42. The molecule has 24 heavy (non-hydrogen) atoms. The Morgan fingerprint density at radius 2 is 2.04 bits per heavy atom. The van der Waals surface area contributed by atoms with Crippen LogP contribution in [0, 0.1) is 5.92 Å². The zero-order chi connectivity index (χ0) is 16.4. The third-order valence-corrected chi connectivity index (χ3v) is 5.79. The molecule has 0 saturated carbocycles. The van der Waals surface area contributed by atoms with Gasteiger partial charge in [-0.3, -0.25) is 9.69 Å². The van der Waals surface area contributed by atoms with Crippen LogP contribution < -0.4 is 5.32 Å². The summed E-state index contributed by atoms with van der Waals surface area (Å²) in [6.07, 6.45) is 7.55. The van der Waals surface area contributed by atoms with Crippen molar-refractivity contribution in [2.45, 2.75) is 51.0 Å². The molecule has 1 N–H and O–H groups in total. The number of aryl methyl sites for hydroxylation is 1. The Morgan fingerprint density at radius 3 is 2.83 bits per heavy atom. The Labute approximate surface area is 142 Å². The van der Waals surface area contributed by atoms with Crippen LogP contribution in [-0.2, 0) is 17.6 Å². The van der Waals surface area contributed by atoms with Gasteiger partial charge in [0.25, 0.3) is 5.91 Å². The van der Waals surface area contributed by atoms with Gasteiger partial charge in [0.2, 0.25) is 0 Å². The minimum Gasteiger partial charge on any atom is -0.380 e. The molecular weight excluding hydrogens is 306 g/mol. The average Bonchev–Trinajstić information content (AvgIpc) is 3.30.